The van der Waals surface area contributed by atoms with Crippen molar-refractivity contribution in [1.29, 1.82) is 0 Å². The summed E-state index contributed by atoms with van der Waals surface area (Å²) in [6, 6.07) is 8.39. The zero-order chi connectivity index (χ0) is 18.6. The summed E-state index contributed by atoms with van der Waals surface area (Å²) in [5.41, 5.74) is 1.22. The zero-order valence-corrected chi connectivity index (χ0v) is 16.2. The molecule has 0 aromatic heterocycles. The number of nitrogens with one attached hydrogen (secondary N) is 1. The first-order chi connectivity index (χ1) is 12.7. The summed E-state index contributed by atoms with van der Waals surface area (Å²) in [4.78, 5) is 12.5. The van der Waals surface area contributed by atoms with Gasteiger partial charge in [-0.1, -0.05) is 31.9 Å². The molecule has 1 aliphatic rings. The molecule has 0 spiro atoms. The lowest BCUT2D eigenvalue weighted by Gasteiger charge is -2.23. The average Bonchev–Trinajstić information content (AvgIpc) is 3.07. The largest absolute Gasteiger partial charge is 0.491 e. The minimum atomic E-state index is -0.180. The SMILES string of the molecule is CCCCCOOCCOc1ccc(C(CN2CCC(O)C2)NC)cc1. The lowest BCUT2D eigenvalue weighted by Crippen LogP contribution is -2.33. The number of ether oxygens (including phenoxy) is 1. The smallest absolute Gasteiger partial charge is 0.119 e. The van der Waals surface area contributed by atoms with Gasteiger partial charge in [-0.25, -0.2) is 9.78 Å². The van der Waals surface area contributed by atoms with Gasteiger partial charge in [0.05, 0.1) is 12.7 Å². The van der Waals surface area contributed by atoms with Crippen molar-refractivity contribution in [2.24, 2.45) is 0 Å². The van der Waals surface area contributed by atoms with Crippen molar-refractivity contribution < 1.29 is 19.6 Å². The molecule has 1 saturated heterocycles. The predicted molar refractivity (Wildman–Crippen MR) is 102 cm³/mol. The van der Waals surface area contributed by atoms with Crippen molar-refractivity contribution in [2.75, 3.05) is 46.5 Å². The van der Waals surface area contributed by atoms with E-state index in [2.05, 4.69) is 29.3 Å². The molecule has 148 valence electrons. The Morgan fingerprint density at radius 3 is 2.58 bits per heavy atom. The van der Waals surface area contributed by atoms with Gasteiger partial charge in [-0.2, -0.15) is 0 Å². The first-order valence-electron chi connectivity index (χ1n) is 9.77. The molecule has 1 aromatic carbocycles. The summed E-state index contributed by atoms with van der Waals surface area (Å²) < 4.78 is 5.68. The van der Waals surface area contributed by atoms with Crippen LogP contribution in [0.3, 0.4) is 0 Å². The highest BCUT2D eigenvalue weighted by Gasteiger charge is 2.23. The second-order valence-corrected chi connectivity index (χ2v) is 6.81. The number of β-amino-alcohol motifs (C(OH)–C–C–N with tert-alkyl or cyclic N) is 1. The first-order valence-corrected chi connectivity index (χ1v) is 9.77. The summed E-state index contributed by atoms with van der Waals surface area (Å²) in [7, 11) is 1.97. The van der Waals surface area contributed by atoms with E-state index < -0.39 is 0 Å². The molecule has 2 N–H and O–H groups in total. The van der Waals surface area contributed by atoms with Crippen LogP contribution in [0.15, 0.2) is 24.3 Å². The normalized spacial score (nSPS) is 19.0. The highest BCUT2D eigenvalue weighted by Crippen LogP contribution is 2.20. The van der Waals surface area contributed by atoms with Crippen LogP contribution in [0.4, 0.5) is 0 Å². The highest BCUT2D eigenvalue weighted by molar-refractivity contribution is 5.29. The minimum Gasteiger partial charge on any atom is -0.491 e. The van der Waals surface area contributed by atoms with Crippen LogP contribution in [0, 0.1) is 0 Å². The molecule has 1 aliphatic heterocycles. The van der Waals surface area contributed by atoms with E-state index in [0.29, 0.717) is 19.8 Å². The number of benzene rings is 1. The third kappa shape index (κ3) is 7.60. The van der Waals surface area contributed by atoms with Crippen molar-refractivity contribution in [1.82, 2.24) is 10.2 Å². The fourth-order valence-corrected chi connectivity index (χ4v) is 3.12. The molecule has 0 amide bonds. The van der Waals surface area contributed by atoms with Crippen LogP contribution >= 0.6 is 0 Å². The Labute approximate surface area is 157 Å². The van der Waals surface area contributed by atoms with Gasteiger partial charge in [0.25, 0.3) is 0 Å². The van der Waals surface area contributed by atoms with E-state index in [4.69, 9.17) is 14.5 Å². The maximum absolute atomic E-state index is 9.67. The number of aliphatic hydroxyl groups is 1. The molecule has 1 aromatic rings. The van der Waals surface area contributed by atoms with E-state index in [1.807, 2.05) is 19.2 Å². The van der Waals surface area contributed by atoms with Gasteiger partial charge in [0.1, 0.15) is 19.0 Å². The summed E-state index contributed by atoms with van der Waals surface area (Å²) in [5.74, 6) is 0.829. The summed E-state index contributed by atoms with van der Waals surface area (Å²) in [6.45, 7) is 6.31. The average molecular weight is 367 g/mol. The first kappa shape index (κ1) is 21.1. The van der Waals surface area contributed by atoms with Crippen molar-refractivity contribution in [3.05, 3.63) is 29.8 Å². The van der Waals surface area contributed by atoms with Crippen LogP contribution in [-0.2, 0) is 9.78 Å². The van der Waals surface area contributed by atoms with E-state index >= 15 is 0 Å². The van der Waals surface area contributed by atoms with Gasteiger partial charge in [0, 0.05) is 25.7 Å². The Hall–Kier alpha value is -1.18. The van der Waals surface area contributed by atoms with Crippen LogP contribution in [0.25, 0.3) is 0 Å². The van der Waals surface area contributed by atoms with Crippen LogP contribution in [-0.4, -0.2) is 62.6 Å². The number of rotatable bonds is 13. The topological polar surface area (TPSA) is 63.2 Å². The van der Waals surface area contributed by atoms with Gasteiger partial charge in [-0.3, -0.25) is 4.90 Å². The second-order valence-electron chi connectivity index (χ2n) is 6.81. The zero-order valence-electron chi connectivity index (χ0n) is 16.2. The molecule has 2 rings (SSSR count). The minimum absolute atomic E-state index is 0.180. The molecular weight excluding hydrogens is 332 g/mol. The predicted octanol–water partition coefficient (Wildman–Crippen LogP) is 2.53. The standard InChI is InChI=1S/C20H34N2O4/c1-3-4-5-12-25-26-14-13-24-19-8-6-17(7-9-19)20(21-2)16-22-11-10-18(23)15-22/h6-9,18,20-21,23H,3-5,10-16H2,1-2H3. The Bertz CT molecular complexity index is 483. The van der Waals surface area contributed by atoms with Crippen molar-refractivity contribution in [3.8, 4) is 5.75 Å². The van der Waals surface area contributed by atoms with Crippen molar-refractivity contribution >= 4 is 0 Å². The molecular formula is C20H34N2O4. The number of unbranched alkanes of at least 4 members (excludes halogenated alkanes) is 2. The van der Waals surface area contributed by atoms with Gasteiger partial charge < -0.3 is 15.2 Å². The Balaban J connectivity index is 1.66. The molecule has 2 atom stereocenters. The number of hydrogen-bond acceptors (Lipinski definition) is 6. The number of aliphatic hydroxyl groups excluding tert-OH is 1. The third-order valence-corrected chi connectivity index (χ3v) is 4.67. The lowest BCUT2D eigenvalue weighted by molar-refractivity contribution is -0.297. The monoisotopic (exact) mass is 366 g/mol. The van der Waals surface area contributed by atoms with E-state index in [-0.39, 0.29) is 12.1 Å². The number of likely N-dealkylation sites (N-methyl/N-ethyl adjacent to an activating group) is 1. The van der Waals surface area contributed by atoms with Crippen molar-refractivity contribution in [2.45, 2.75) is 44.8 Å². The number of hydrogen-bond donors (Lipinski definition) is 2. The molecule has 6 nitrogen and oxygen atoms in total. The van der Waals surface area contributed by atoms with E-state index in [1.54, 1.807) is 0 Å². The van der Waals surface area contributed by atoms with Gasteiger partial charge >= 0.3 is 0 Å². The van der Waals surface area contributed by atoms with Gasteiger partial charge in [0.15, 0.2) is 0 Å². The van der Waals surface area contributed by atoms with E-state index in [0.717, 1.165) is 44.6 Å². The molecule has 26 heavy (non-hydrogen) atoms. The van der Waals surface area contributed by atoms with Gasteiger partial charge in [0.2, 0.25) is 0 Å². The molecule has 0 bridgehead atoms. The molecule has 0 radical (unpaired) electrons. The Morgan fingerprint density at radius 2 is 1.92 bits per heavy atom. The maximum atomic E-state index is 9.67. The molecule has 0 aliphatic carbocycles. The quantitative estimate of drug-likeness (QED) is 0.318. The molecule has 0 saturated carbocycles. The molecule has 2 unspecified atom stereocenters. The summed E-state index contributed by atoms with van der Waals surface area (Å²) in [6.07, 6.45) is 4.06. The molecule has 1 heterocycles. The third-order valence-electron chi connectivity index (χ3n) is 4.67. The van der Waals surface area contributed by atoms with Crippen LogP contribution in [0.1, 0.15) is 44.2 Å². The Kier molecular flexibility index (Phi) is 9.95. The van der Waals surface area contributed by atoms with Crippen LogP contribution < -0.4 is 10.1 Å². The number of likely N-dealkylation sites (tertiary alicyclic amines) is 1. The van der Waals surface area contributed by atoms with Crippen molar-refractivity contribution in [3.63, 3.8) is 0 Å². The van der Waals surface area contributed by atoms with Gasteiger partial charge in [-0.05, 0) is 37.6 Å². The van der Waals surface area contributed by atoms with E-state index in [1.165, 1.54) is 12.0 Å². The number of nitrogens with zero attached hydrogens (tertiary/aromatic N) is 1. The lowest BCUT2D eigenvalue weighted by atomic mass is 10.1. The maximum Gasteiger partial charge on any atom is 0.119 e. The highest BCUT2D eigenvalue weighted by atomic mass is 17.2. The van der Waals surface area contributed by atoms with Crippen LogP contribution in [0.2, 0.25) is 0 Å². The second kappa shape index (κ2) is 12.3. The molecule has 6 heteroatoms. The van der Waals surface area contributed by atoms with Gasteiger partial charge in [-0.15, -0.1) is 0 Å². The molecule has 1 fully saturated rings. The van der Waals surface area contributed by atoms with E-state index in [9.17, 15) is 5.11 Å². The van der Waals surface area contributed by atoms with Crippen LogP contribution in [0.5, 0.6) is 5.75 Å². The fourth-order valence-electron chi connectivity index (χ4n) is 3.12. The summed E-state index contributed by atoms with van der Waals surface area (Å²) >= 11 is 0. The fraction of sp³-hybridized carbons (Fsp3) is 0.700. The summed E-state index contributed by atoms with van der Waals surface area (Å²) in [5, 5.41) is 13.0. The Morgan fingerprint density at radius 1 is 1.15 bits per heavy atom.